The van der Waals surface area contributed by atoms with E-state index in [0.717, 1.165) is 0 Å². The Hall–Kier alpha value is -1.09. The van der Waals surface area contributed by atoms with Crippen LogP contribution < -0.4 is 10.4 Å². The van der Waals surface area contributed by atoms with Crippen LogP contribution in [0.5, 0.6) is 5.88 Å². The van der Waals surface area contributed by atoms with Crippen LogP contribution in [0.15, 0.2) is 4.79 Å². The van der Waals surface area contributed by atoms with Gasteiger partial charge in [-0.2, -0.15) is 4.98 Å². The van der Waals surface area contributed by atoms with Gasteiger partial charge in [-0.05, 0) is 0 Å². The highest BCUT2D eigenvalue weighted by Gasteiger charge is 2.37. The summed E-state index contributed by atoms with van der Waals surface area (Å²) in [5.41, 5.74) is -2.32. The van der Waals surface area contributed by atoms with Gasteiger partial charge in [0.15, 0.2) is 5.69 Å². The molecule has 1 rings (SSSR count). The molecule has 0 spiro atoms. The lowest BCUT2D eigenvalue weighted by Gasteiger charge is -2.12. The number of nitro groups is 1. The lowest BCUT2D eigenvalue weighted by atomic mass is 10.3. The van der Waals surface area contributed by atoms with E-state index in [1.54, 1.807) is 0 Å². The molecule has 0 saturated carbocycles. The van der Waals surface area contributed by atoms with Crippen LogP contribution in [0.4, 0.5) is 5.69 Å². The fourth-order valence-electron chi connectivity index (χ4n) is 1.06. The second-order valence-electron chi connectivity index (χ2n) is 2.90. The fourth-order valence-corrected chi connectivity index (χ4v) is 1.47. The summed E-state index contributed by atoms with van der Waals surface area (Å²) in [5.74, 6) is -0.626. The maximum absolute atomic E-state index is 11.2. The second-order valence-corrected chi connectivity index (χ2v) is 5.18. The van der Waals surface area contributed by atoms with E-state index in [1.807, 2.05) is 4.98 Å². The Morgan fingerprint density at radius 2 is 2.11 bits per heavy atom. The number of hydrogen-bond acceptors (Lipinski definition) is 6. The number of aliphatic hydroxyl groups excluding tert-OH is 1. The predicted molar refractivity (Wildman–Crippen MR) is 63.3 cm³/mol. The van der Waals surface area contributed by atoms with E-state index >= 15 is 0 Å². The minimum atomic E-state index is -2.22. The third-order valence-electron chi connectivity index (χ3n) is 1.67. The van der Waals surface area contributed by atoms with Crippen molar-refractivity contribution in [3.05, 3.63) is 26.3 Å². The van der Waals surface area contributed by atoms with Crippen molar-refractivity contribution in [1.29, 1.82) is 0 Å². The number of hydrogen-bond donors (Lipinski definition) is 2. The van der Waals surface area contributed by atoms with E-state index in [1.165, 1.54) is 0 Å². The van der Waals surface area contributed by atoms with E-state index in [-0.39, 0.29) is 6.61 Å². The number of aliphatic hydroxyl groups is 1. The Morgan fingerprint density at radius 1 is 1.50 bits per heavy atom. The quantitative estimate of drug-likeness (QED) is 0.483. The molecular weight excluding hydrogens is 312 g/mol. The van der Waals surface area contributed by atoms with E-state index in [2.05, 4.69) is 4.98 Å². The zero-order valence-corrected chi connectivity index (χ0v) is 10.8. The molecule has 0 aromatic carbocycles. The highest BCUT2D eigenvalue weighted by atomic mass is 35.6. The van der Waals surface area contributed by atoms with Gasteiger partial charge < -0.3 is 9.84 Å². The Morgan fingerprint density at radius 3 is 2.56 bits per heavy atom. The van der Waals surface area contributed by atoms with Crippen molar-refractivity contribution in [3.8, 4) is 5.88 Å². The molecule has 18 heavy (non-hydrogen) atoms. The monoisotopic (exact) mass is 317 g/mol. The predicted octanol–water partition coefficient (Wildman–Crippen LogP) is 0.876. The van der Waals surface area contributed by atoms with Gasteiger partial charge >= 0.3 is 17.3 Å². The van der Waals surface area contributed by atoms with Crippen molar-refractivity contribution in [3.63, 3.8) is 0 Å². The molecule has 0 unspecified atom stereocenters. The van der Waals surface area contributed by atoms with Crippen LogP contribution in [0.3, 0.4) is 0 Å². The normalized spacial score (nSPS) is 11.3. The smallest absolute Gasteiger partial charge is 0.354 e. The molecule has 0 atom stereocenters. The van der Waals surface area contributed by atoms with Gasteiger partial charge in [0.05, 0.1) is 11.5 Å². The van der Waals surface area contributed by atoms with Crippen LogP contribution in [0.2, 0.25) is 0 Å². The molecule has 100 valence electrons. The van der Waals surface area contributed by atoms with Gasteiger partial charge in [-0.3, -0.25) is 15.1 Å². The maximum atomic E-state index is 11.2. The third kappa shape index (κ3) is 3.45. The molecule has 0 radical (unpaired) electrons. The van der Waals surface area contributed by atoms with Crippen LogP contribution in [0.1, 0.15) is 5.69 Å². The first-order chi connectivity index (χ1) is 8.27. The first kappa shape index (κ1) is 15.0. The summed E-state index contributed by atoms with van der Waals surface area (Å²) in [7, 11) is 0. The topological polar surface area (TPSA) is 118 Å². The van der Waals surface area contributed by atoms with Crippen LogP contribution in [0.25, 0.3) is 0 Å². The second kappa shape index (κ2) is 5.70. The van der Waals surface area contributed by atoms with Crippen molar-refractivity contribution in [2.75, 3.05) is 13.2 Å². The van der Waals surface area contributed by atoms with Gasteiger partial charge in [0.1, 0.15) is 6.61 Å². The Bertz CT molecular complexity index is 512. The molecule has 8 nitrogen and oxygen atoms in total. The average molecular weight is 318 g/mol. The number of halogens is 3. The molecule has 0 aliphatic heterocycles. The lowest BCUT2D eigenvalue weighted by molar-refractivity contribution is -0.387. The summed E-state index contributed by atoms with van der Waals surface area (Å²) in [6.45, 7) is -0.717. The Balaban J connectivity index is 3.46. The van der Waals surface area contributed by atoms with Gasteiger partial charge in [0.25, 0.3) is 0 Å². The Labute approximate surface area is 115 Å². The molecule has 0 aliphatic rings. The molecule has 1 aromatic heterocycles. The molecule has 1 aromatic rings. The number of rotatable bonds is 4. The summed E-state index contributed by atoms with van der Waals surface area (Å²) in [6, 6.07) is 0. The minimum absolute atomic E-state index is 0.295. The summed E-state index contributed by atoms with van der Waals surface area (Å²) in [4.78, 5) is 26.4. The van der Waals surface area contributed by atoms with E-state index < -0.39 is 38.3 Å². The van der Waals surface area contributed by atoms with Crippen molar-refractivity contribution in [1.82, 2.24) is 9.97 Å². The van der Waals surface area contributed by atoms with Crippen LogP contribution in [-0.4, -0.2) is 33.2 Å². The van der Waals surface area contributed by atoms with Gasteiger partial charge in [0, 0.05) is 0 Å². The standard InChI is InChI=1S/C7H6Cl3N3O5/c8-7(9,10)4-3(13(16)17)5(18-2-1-14)12-6(15)11-4/h14H,1-2H2,(H,11,12,15). The van der Waals surface area contributed by atoms with Crippen molar-refractivity contribution >= 4 is 40.5 Å². The van der Waals surface area contributed by atoms with E-state index in [0.29, 0.717) is 0 Å². The highest BCUT2D eigenvalue weighted by molar-refractivity contribution is 6.66. The number of nitrogens with one attached hydrogen (secondary N) is 1. The van der Waals surface area contributed by atoms with Crippen molar-refractivity contribution in [2.45, 2.75) is 3.79 Å². The molecule has 0 fully saturated rings. The molecule has 11 heteroatoms. The highest BCUT2D eigenvalue weighted by Crippen LogP contribution is 2.43. The molecule has 1 heterocycles. The van der Waals surface area contributed by atoms with Gasteiger partial charge in [0.2, 0.25) is 3.79 Å². The first-order valence-electron chi connectivity index (χ1n) is 4.37. The average Bonchev–Trinajstić information content (AvgIpc) is 2.23. The largest absolute Gasteiger partial charge is 0.470 e. The van der Waals surface area contributed by atoms with Crippen molar-refractivity contribution < 1.29 is 14.8 Å². The third-order valence-corrected chi connectivity index (χ3v) is 2.24. The van der Waals surface area contributed by atoms with E-state index in [9.17, 15) is 14.9 Å². The number of H-pyrrole nitrogens is 1. The molecule has 2 N–H and O–H groups in total. The van der Waals surface area contributed by atoms with Gasteiger partial charge in [-0.15, -0.1) is 0 Å². The maximum Gasteiger partial charge on any atom is 0.354 e. The minimum Gasteiger partial charge on any atom is -0.470 e. The zero-order valence-electron chi connectivity index (χ0n) is 8.52. The van der Waals surface area contributed by atoms with Crippen molar-refractivity contribution in [2.24, 2.45) is 0 Å². The summed E-state index contributed by atoms with van der Waals surface area (Å²) < 4.78 is 2.55. The fraction of sp³-hybridized carbons (Fsp3) is 0.429. The number of ether oxygens (including phenoxy) is 1. The molecular formula is C7H6Cl3N3O5. The van der Waals surface area contributed by atoms with Crippen LogP contribution in [0, 0.1) is 10.1 Å². The van der Waals surface area contributed by atoms with Gasteiger partial charge in [-0.1, -0.05) is 34.8 Å². The summed E-state index contributed by atoms with van der Waals surface area (Å²) >= 11 is 16.5. The molecule has 0 saturated heterocycles. The number of aromatic nitrogens is 2. The lowest BCUT2D eigenvalue weighted by Crippen LogP contribution is -2.21. The SMILES string of the molecule is O=c1nc(OCCO)c([N+](=O)[O-])c(C(Cl)(Cl)Cl)[nH]1. The number of alkyl halides is 3. The molecule has 0 amide bonds. The zero-order chi connectivity index (χ0) is 13.9. The number of aromatic amines is 1. The van der Waals surface area contributed by atoms with Gasteiger partial charge in [-0.25, -0.2) is 4.79 Å². The first-order valence-corrected chi connectivity index (χ1v) is 5.50. The summed E-state index contributed by atoms with van der Waals surface area (Å²) in [5, 5.41) is 19.5. The van der Waals surface area contributed by atoms with E-state index in [4.69, 9.17) is 44.6 Å². The summed E-state index contributed by atoms with van der Waals surface area (Å²) in [6.07, 6.45) is 0. The number of nitrogens with zero attached hydrogens (tertiary/aromatic N) is 2. The Kier molecular flexibility index (Phi) is 4.74. The van der Waals surface area contributed by atoms with Crippen LogP contribution in [-0.2, 0) is 3.79 Å². The molecule has 0 aliphatic carbocycles. The molecule has 0 bridgehead atoms. The van der Waals surface area contributed by atoms with Crippen LogP contribution >= 0.6 is 34.8 Å².